The molecule has 0 spiro atoms. The highest BCUT2D eigenvalue weighted by Gasteiger charge is 2.13. The van der Waals surface area contributed by atoms with Gasteiger partial charge in [0.05, 0.1) is 24.2 Å². The Morgan fingerprint density at radius 3 is 1.86 bits per heavy atom. The first-order chi connectivity index (χ1) is 16.8. The molecule has 0 unspecified atom stereocenters. The van der Waals surface area contributed by atoms with Gasteiger partial charge in [-0.3, -0.25) is 4.79 Å². The lowest BCUT2D eigenvalue weighted by molar-refractivity contribution is -0.144. The molecule has 2 aromatic carbocycles. The first-order valence-electron chi connectivity index (χ1n) is 11.4. The Balaban J connectivity index is 1.76. The van der Waals surface area contributed by atoms with Crippen LogP contribution >= 0.6 is 0 Å². The van der Waals surface area contributed by atoms with Crippen LogP contribution in [0.25, 0.3) is 0 Å². The highest BCUT2D eigenvalue weighted by atomic mass is 16.6. The van der Waals surface area contributed by atoms with Crippen molar-refractivity contribution >= 4 is 23.9 Å². The van der Waals surface area contributed by atoms with Crippen LogP contribution in [0.1, 0.15) is 66.7 Å². The first kappa shape index (κ1) is 27.3. The molecule has 0 aliphatic heterocycles. The van der Waals surface area contributed by atoms with Crippen LogP contribution in [0.2, 0.25) is 0 Å². The Morgan fingerprint density at radius 1 is 0.714 bits per heavy atom. The van der Waals surface area contributed by atoms with Crippen LogP contribution in [-0.4, -0.2) is 37.1 Å². The van der Waals surface area contributed by atoms with E-state index in [9.17, 15) is 19.2 Å². The normalized spacial score (nSPS) is 10.2. The Kier molecular flexibility index (Phi) is 11.2. The molecule has 0 saturated heterocycles. The molecule has 186 valence electrons. The van der Waals surface area contributed by atoms with Gasteiger partial charge in [0.25, 0.3) is 0 Å². The van der Waals surface area contributed by atoms with Crippen molar-refractivity contribution in [2.45, 2.75) is 46.0 Å². The number of hydrogen-bond donors (Lipinski definition) is 0. The Bertz CT molecular complexity index is 1020. The van der Waals surface area contributed by atoms with E-state index in [-0.39, 0.29) is 41.2 Å². The first-order valence-corrected chi connectivity index (χ1v) is 11.4. The van der Waals surface area contributed by atoms with Gasteiger partial charge >= 0.3 is 23.9 Å². The third kappa shape index (κ3) is 9.83. The maximum Gasteiger partial charge on any atom is 0.343 e. The lowest BCUT2D eigenvalue weighted by Crippen LogP contribution is -2.13. The zero-order valence-electron chi connectivity index (χ0n) is 20.0. The van der Waals surface area contributed by atoms with E-state index in [2.05, 4.69) is 13.5 Å². The van der Waals surface area contributed by atoms with Gasteiger partial charge in [0.15, 0.2) is 0 Å². The van der Waals surface area contributed by atoms with Crippen LogP contribution in [-0.2, 0) is 19.1 Å². The fourth-order valence-electron chi connectivity index (χ4n) is 2.78. The predicted molar refractivity (Wildman–Crippen MR) is 128 cm³/mol. The van der Waals surface area contributed by atoms with Gasteiger partial charge in [-0.05, 0) is 61.9 Å². The summed E-state index contributed by atoms with van der Waals surface area (Å²) in [5.41, 5.74) is 0.763. The zero-order valence-corrected chi connectivity index (χ0v) is 20.0. The Labute approximate surface area is 204 Å². The Morgan fingerprint density at radius 2 is 1.29 bits per heavy atom. The monoisotopic (exact) mass is 482 g/mol. The quantitative estimate of drug-likeness (QED) is 0.169. The molecule has 2 aromatic rings. The molecule has 0 aliphatic carbocycles. The predicted octanol–water partition coefficient (Wildman–Crippen LogP) is 5.06. The van der Waals surface area contributed by atoms with E-state index in [1.165, 1.54) is 55.5 Å². The zero-order chi connectivity index (χ0) is 25.6. The number of benzene rings is 2. The van der Waals surface area contributed by atoms with Crippen molar-refractivity contribution in [2.24, 2.45) is 0 Å². The van der Waals surface area contributed by atoms with Crippen molar-refractivity contribution in [1.82, 2.24) is 0 Å². The topological polar surface area (TPSA) is 105 Å². The molecular weight excluding hydrogens is 452 g/mol. The number of esters is 4. The molecule has 2 rings (SSSR count). The minimum atomic E-state index is -0.619. The molecule has 0 bridgehead atoms. The highest BCUT2D eigenvalue weighted by molar-refractivity contribution is 5.92. The van der Waals surface area contributed by atoms with Crippen LogP contribution < -0.4 is 9.47 Å². The number of ether oxygens (including phenoxy) is 4. The summed E-state index contributed by atoms with van der Waals surface area (Å²) in [5.74, 6) is -1.67. The van der Waals surface area contributed by atoms with Crippen LogP contribution in [0.5, 0.6) is 11.5 Å². The van der Waals surface area contributed by atoms with Gasteiger partial charge in [0, 0.05) is 5.57 Å². The smallest absolute Gasteiger partial charge is 0.343 e. The second-order valence-electron chi connectivity index (χ2n) is 7.78. The van der Waals surface area contributed by atoms with E-state index in [4.69, 9.17) is 18.9 Å². The van der Waals surface area contributed by atoms with E-state index in [1.807, 2.05) is 0 Å². The van der Waals surface area contributed by atoms with Crippen LogP contribution in [0.15, 0.2) is 60.7 Å². The van der Waals surface area contributed by atoms with E-state index in [0.29, 0.717) is 6.61 Å². The number of carbonyl (C=O) groups excluding carboxylic acids is 4. The van der Waals surface area contributed by atoms with Crippen molar-refractivity contribution in [3.63, 3.8) is 0 Å². The maximum atomic E-state index is 12.3. The van der Waals surface area contributed by atoms with Gasteiger partial charge in [-0.2, -0.15) is 0 Å². The fourth-order valence-corrected chi connectivity index (χ4v) is 2.78. The molecular formula is C27H30O8. The third-order valence-electron chi connectivity index (χ3n) is 4.75. The van der Waals surface area contributed by atoms with Crippen LogP contribution in [0, 0.1) is 0 Å². The molecule has 8 heteroatoms. The standard InChI is InChI=1S/C27H30O8/c1-4-5-6-7-17-32-24(28)16-18-33-26(30)20-8-12-23(13-9-20)35-27(31)21-10-14-22(15-11-21)34-25(29)19(2)3/h8-15H,2,4-7,16-18H2,1,3H3. The molecule has 0 atom stereocenters. The lowest BCUT2D eigenvalue weighted by Gasteiger charge is -2.08. The van der Waals surface area contributed by atoms with Crippen LogP contribution in [0.3, 0.4) is 0 Å². The highest BCUT2D eigenvalue weighted by Crippen LogP contribution is 2.18. The summed E-state index contributed by atoms with van der Waals surface area (Å²) in [7, 11) is 0. The average molecular weight is 483 g/mol. The van der Waals surface area contributed by atoms with Gasteiger partial charge in [-0.1, -0.05) is 32.8 Å². The second-order valence-corrected chi connectivity index (χ2v) is 7.78. The van der Waals surface area contributed by atoms with Crippen molar-refractivity contribution in [3.05, 3.63) is 71.8 Å². The molecule has 0 aromatic heterocycles. The summed E-state index contributed by atoms with van der Waals surface area (Å²) >= 11 is 0. The van der Waals surface area contributed by atoms with Gasteiger partial charge in [-0.25, -0.2) is 14.4 Å². The van der Waals surface area contributed by atoms with Gasteiger partial charge in [0.2, 0.25) is 0 Å². The largest absolute Gasteiger partial charge is 0.466 e. The number of hydrogen-bond acceptors (Lipinski definition) is 8. The molecule has 8 nitrogen and oxygen atoms in total. The van der Waals surface area contributed by atoms with Crippen molar-refractivity contribution in [2.75, 3.05) is 13.2 Å². The third-order valence-corrected chi connectivity index (χ3v) is 4.75. The molecule has 0 amide bonds. The number of rotatable bonds is 13. The maximum absolute atomic E-state index is 12.3. The van der Waals surface area contributed by atoms with Gasteiger partial charge < -0.3 is 18.9 Å². The molecule has 0 saturated carbocycles. The van der Waals surface area contributed by atoms with E-state index < -0.39 is 23.9 Å². The fraction of sp³-hybridized carbons (Fsp3) is 0.333. The summed E-state index contributed by atoms with van der Waals surface area (Å²) in [4.78, 5) is 47.7. The second kappa shape index (κ2) is 14.3. The Hall–Kier alpha value is -3.94. The summed E-state index contributed by atoms with van der Waals surface area (Å²) in [6.07, 6.45) is 4.04. The van der Waals surface area contributed by atoms with E-state index in [1.54, 1.807) is 0 Å². The average Bonchev–Trinajstić information content (AvgIpc) is 2.84. The summed E-state index contributed by atoms with van der Waals surface area (Å²) in [6.45, 7) is 7.44. The lowest BCUT2D eigenvalue weighted by atomic mass is 10.2. The molecule has 0 heterocycles. The van der Waals surface area contributed by atoms with Crippen molar-refractivity contribution < 1.29 is 38.1 Å². The molecule has 0 N–H and O–H groups in total. The molecule has 0 fully saturated rings. The molecule has 0 aliphatic rings. The van der Waals surface area contributed by atoms with E-state index >= 15 is 0 Å². The summed E-state index contributed by atoms with van der Waals surface area (Å²) in [6, 6.07) is 11.7. The minimum Gasteiger partial charge on any atom is -0.466 e. The van der Waals surface area contributed by atoms with Gasteiger partial charge in [0.1, 0.15) is 18.1 Å². The SMILES string of the molecule is C=C(C)C(=O)Oc1ccc(C(=O)Oc2ccc(C(=O)OCCC(=O)OCCCCCC)cc2)cc1. The summed E-state index contributed by atoms with van der Waals surface area (Å²) in [5, 5.41) is 0. The van der Waals surface area contributed by atoms with Gasteiger partial charge in [-0.15, -0.1) is 0 Å². The summed E-state index contributed by atoms with van der Waals surface area (Å²) < 4.78 is 20.6. The van der Waals surface area contributed by atoms with E-state index in [0.717, 1.165) is 25.7 Å². The minimum absolute atomic E-state index is 0.0135. The molecule has 0 radical (unpaired) electrons. The van der Waals surface area contributed by atoms with Crippen LogP contribution in [0.4, 0.5) is 0 Å². The van der Waals surface area contributed by atoms with Crippen molar-refractivity contribution in [1.29, 1.82) is 0 Å². The number of unbranched alkanes of at least 4 members (excludes halogenated alkanes) is 3. The number of carbonyl (C=O) groups is 4. The van der Waals surface area contributed by atoms with Crippen molar-refractivity contribution in [3.8, 4) is 11.5 Å². The molecule has 35 heavy (non-hydrogen) atoms.